The van der Waals surface area contributed by atoms with Crippen LogP contribution in [-0.4, -0.2) is 15.8 Å². The first-order valence-corrected chi connectivity index (χ1v) is 10.1. The van der Waals surface area contributed by atoms with Gasteiger partial charge < -0.3 is 10.1 Å². The second-order valence-corrected chi connectivity index (χ2v) is 7.50. The number of halogens is 5. The van der Waals surface area contributed by atoms with Crippen LogP contribution in [-0.2, 0) is 13.0 Å². The number of Topliss-reactive ketones (excluding diaryl/α,β-unsaturated/α-hetero) is 1. The Balaban J connectivity index is 1.59. The van der Waals surface area contributed by atoms with Crippen molar-refractivity contribution in [3.05, 3.63) is 75.9 Å². The van der Waals surface area contributed by atoms with Crippen LogP contribution in [0.5, 0.6) is 5.75 Å². The summed E-state index contributed by atoms with van der Waals surface area (Å²) in [6.07, 6.45) is 4.01. The topological polar surface area (TPSA) is 87.9 Å². The number of ether oxygens (including phenoxy) is 1. The predicted octanol–water partition coefficient (Wildman–Crippen LogP) is 5.28. The van der Waals surface area contributed by atoms with E-state index in [2.05, 4.69) is 15.3 Å². The van der Waals surface area contributed by atoms with Crippen molar-refractivity contribution in [1.29, 1.82) is 5.26 Å². The maximum atomic E-state index is 13.9. The van der Waals surface area contributed by atoms with Crippen molar-refractivity contribution in [1.82, 2.24) is 9.97 Å². The Morgan fingerprint density at radius 3 is 2.35 bits per heavy atom. The summed E-state index contributed by atoms with van der Waals surface area (Å²) < 4.78 is 73.1. The maximum Gasteiger partial charge on any atom is 0.227 e. The van der Waals surface area contributed by atoms with E-state index in [1.165, 1.54) is 24.4 Å². The number of carbonyl (C=O) groups excluding carboxylic acids is 1. The quantitative estimate of drug-likeness (QED) is 0.235. The average molecular weight is 474 g/mol. The number of aromatic nitrogens is 2. The molecule has 0 bridgehead atoms. The number of nitrogens with zero attached hydrogens (tertiary/aromatic N) is 3. The van der Waals surface area contributed by atoms with E-state index >= 15 is 0 Å². The number of nitrogens with one attached hydrogen (secondary N) is 1. The van der Waals surface area contributed by atoms with Crippen LogP contribution in [0.2, 0.25) is 0 Å². The van der Waals surface area contributed by atoms with Gasteiger partial charge in [-0.25, -0.2) is 31.9 Å². The van der Waals surface area contributed by atoms with Crippen LogP contribution >= 0.6 is 0 Å². The van der Waals surface area contributed by atoms with Crippen molar-refractivity contribution in [3.8, 4) is 11.8 Å². The number of ketones is 1. The normalized spacial score (nSPS) is 13.1. The number of nitriles is 1. The van der Waals surface area contributed by atoms with Crippen molar-refractivity contribution in [2.75, 3.05) is 5.32 Å². The fourth-order valence-electron chi connectivity index (χ4n) is 3.49. The van der Waals surface area contributed by atoms with E-state index in [0.29, 0.717) is 24.1 Å². The Morgan fingerprint density at radius 2 is 1.65 bits per heavy atom. The molecule has 0 aliphatic heterocycles. The molecule has 174 valence electrons. The first kappa shape index (κ1) is 23.1. The summed E-state index contributed by atoms with van der Waals surface area (Å²) in [4.78, 5) is 20.6. The lowest BCUT2D eigenvalue weighted by atomic mass is 10.1. The van der Waals surface area contributed by atoms with Gasteiger partial charge in [0.1, 0.15) is 12.4 Å². The Labute approximate surface area is 190 Å². The molecular formula is C23H15F5N4O2. The molecule has 0 amide bonds. The lowest BCUT2D eigenvalue weighted by Crippen LogP contribution is -2.10. The Kier molecular flexibility index (Phi) is 6.40. The molecule has 1 heterocycles. The lowest BCUT2D eigenvalue weighted by molar-refractivity contribution is 0.0981. The molecule has 11 heteroatoms. The second kappa shape index (κ2) is 9.43. The summed E-state index contributed by atoms with van der Waals surface area (Å²) in [5.74, 6) is -10.4. The van der Waals surface area contributed by atoms with E-state index in [1.54, 1.807) is 0 Å². The molecule has 6 nitrogen and oxygen atoms in total. The highest BCUT2D eigenvalue weighted by Gasteiger charge is 2.26. The zero-order valence-corrected chi connectivity index (χ0v) is 17.4. The van der Waals surface area contributed by atoms with E-state index in [1.807, 2.05) is 6.07 Å². The SMILES string of the molecule is N#Cc1cc(Nc2ncc3c(n2)CCCCC3=O)cc(OCc2c(F)c(F)c(F)c(F)c2F)c1. The van der Waals surface area contributed by atoms with E-state index in [-0.39, 0.29) is 28.7 Å². The number of fused-ring (bicyclic) bond motifs is 1. The number of rotatable bonds is 5. The molecule has 0 saturated heterocycles. The molecule has 34 heavy (non-hydrogen) atoms. The van der Waals surface area contributed by atoms with Crippen LogP contribution in [0.15, 0.2) is 24.4 Å². The highest BCUT2D eigenvalue weighted by molar-refractivity contribution is 5.97. The molecule has 0 fully saturated rings. The first-order chi connectivity index (χ1) is 16.3. The number of carbonyl (C=O) groups is 1. The number of hydrogen-bond donors (Lipinski definition) is 1. The molecule has 3 aromatic rings. The highest BCUT2D eigenvalue weighted by atomic mass is 19.2. The van der Waals surface area contributed by atoms with Gasteiger partial charge in [0.15, 0.2) is 29.1 Å². The average Bonchev–Trinajstić information content (AvgIpc) is 3.02. The Hall–Kier alpha value is -4.07. The summed E-state index contributed by atoms with van der Waals surface area (Å²) in [5, 5.41) is 12.2. The van der Waals surface area contributed by atoms with Gasteiger partial charge in [0.05, 0.1) is 28.5 Å². The highest BCUT2D eigenvalue weighted by Crippen LogP contribution is 2.28. The van der Waals surface area contributed by atoms with Gasteiger partial charge in [0.25, 0.3) is 0 Å². The van der Waals surface area contributed by atoms with Gasteiger partial charge in [-0.2, -0.15) is 5.26 Å². The van der Waals surface area contributed by atoms with E-state index < -0.39 is 41.3 Å². The van der Waals surface area contributed by atoms with Gasteiger partial charge >= 0.3 is 0 Å². The summed E-state index contributed by atoms with van der Waals surface area (Å²) in [6.45, 7) is -0.975. The summed E-state index contributed by atoms with van der Waals surface area (Å²) >= 11 is 0. The fourth-order valence-corrected chi connectivity index (χ4v) is 3.49. The Morgan fingerprint density at radius 1 is 0.971 bits per heavy atom. The molecule has 0 atom stereocenters. The number of benzene rings is 2. The zero-order valence-electron chi connectivity index (χ0n) is 17.4. The van der Waals surface area contributed by atoms with Crippen LogP contribution in [0.1, 0.15) is 46.4 Å². The third-order valence-electron chi connectivity index (χ3n) is 5.21. The predicted molar refractivity (Wildman–Crippen MR) is 109 cm³/mol. The largest absolute Gasteiger partial charge is 0.489 e. The molecule has 4 rings (SSSR count). The van der Waals surface area contributed by atoms with Crippen molar-refractivity contribution in [2.45, 2.75) is 32.3 Å². The molecule has 1 aromatic heterocycles. The van der Waals surface area contributed by atoms with E-state index in [9.17, 15) is 32.0 Å². The minimum Gasteiger partial charge on any atom is -0.489 e. The van der Waals surface area contributed by atoms with Crippen LogP contribution in [0.3, 0.4) is 0 Å². The summed E-state index contributed by atoms with van der Waals surface area (Å²) in [5.41, 5.74) is 0.264. The maximum absolute atomic E-state index is 13.9. The molecule has 0 spiro atoms. The third-order valence-corrected chi connectivity index (χ3v) is 5.21. The van der Waals surface area contributed by atoms with Gasteiger partial charge in [0, 0.05) is 24.4 Å². The molecule has 0 radical (unpaired) electrons. The minimum absolute atomic E-state index is 0.0330. The van der Waals surface area contributed by atoms with Gasteiger partial charge in [-0.3, -0.25) is 4.79 Å². The lowest BCUT2D eigenvalue weighted by Gasteiger charge is -2.13. The van der Waals surface area contributed by atoms with Crippen molar-refractivity contribution >= 4 is 17.4 Å². The van der Waals surface area contributed by atoms with Crippen LogP contribution in [0, 0.1) is 40.4 Å². The molecule has 1 aliphatic rings. The van der Waals surface area contributed by atoms with Crippen LogP contribution < -0.4 is 10.1 Å². The first-order valence-electron chi connectivity index (χ1n) is 10.1. The molecule has 1 N–H and O–H groups in total. The second-order valence-electron chi connectivity index (χ2n) is 7.50. The smallest absolute Gasteiger partial charge is 0.227 e. The van der Waals surface area contributed by atoms with E-state index in [4.69, 9.17) is 4.74 Å². The van der Waals surface area contributed by atoms with Crippen molar-refractivity contribution < 1.29 is 31.5 Å². The fraction of sp³-hybridized carbons (Fsp3) is 0.217. The standard InChI is InChI=1S/C23H15F5N4O2/c24-18-15(19(25)21(27)22(28)20(18)26)10-34-13-6-11(8-29)5-12(7-13)31-23-30-9-14-16(32-23)3-1-2-4-17(14)33/h5-7,9H,1-4,10H2,(H,30,31,32). The number of aryl methyl sites for hydroxylation is 1. The Bertz CT molecular complexity index is 1310. The molecule has 0 unspecified atom stereocenters. The zero-order chi connectivity index (χ0) is 24.4. The van der Waals surface area contributed by atoms with Crippen LogP contribution in [0.25, 0.3) is 0 Å². The molecular weight excluding hydrogens is 459 g/mol. The van der Waals surface area contributed by atoms with Crippen molar-refractivity contribution in [3.63, 3.8) is 0 Å². The summed E-state index contributed by atoms with van der Waals surface area (Å²) in [7, 11) is 0. The van der Waals surface area contributed by atoms with Gasteiger partial charge in [0.2, 0.25) is 11.8 Å². The van der Waals surface area contributed by atoms with Gasteiger partial charge in [-0.05, 0) is 31.4 Å². The third kappa shape index (κ3) is 4.52. The minimum atomic E-state index is -2.26. The van der Waals surface area contributed by atoms with Gasteiger partial charge in [-0.1, -0.05) is 0 Å². The van der Waals surface area contributed by atoms with E-state index in [0.717, 1.165) is 12.8 Å². The number of anilines is 2. The monoisotopic (exact) mass is 474 g/mol. The number of hydrogen-bond acceptors (Lipinski definition) is 6. The summed E-state index contributed by atoms with van der Waals surface area (Å²) in [6, 6.07) is 5.87. The van der Waals surface area contributed by atoms with Crippen molar-refractivity contribution in [2.24, 2.45) is 0 Å². The molecule has 0 saturated carbocycles. The molecule has 2 aromatic carbocycles. The molecule has 1 aliphatic carbocycles. The van der Waals surface area contributed by atoms with Gasteiger partial charge in [-0.15, -0.1) is 0 Å². The van der Waals surface area contributed by atoms with Crippen LogP contribution in [0.4, 0.5) is 33.6 Å².